The smallest absolute Gasteiger partial charge is 0.363 e. The van der Waals surface area contributed by atoms with Gasteiger partial charge >= 0.3 is 5.97 Å². The van der Waals surface area contributed by atoms with Gasteiger partial charge in [-0.25, -0.2) is 9.79 Å². The Balaban J connectivity index is 1.41. The Labute approximate surface area is 186 Å². The van der Waals surface area contributed by atoms with Crippen LogP contribution in [0.25, 0.3) is 16.8 Å². The molecule has 0 aromatic heterocycles. The second-order valence-corrected chi connectivity index (χ2v) is 7.67. The molecular formula is C28H21NO3. The second-order valence-electron chi connectivity index (χ2n) is 7.67. The van der Waals surface area contributed by atoms with Crippen molar-refractivity contribution in [1.29, 1.82) is 0 Å². The number of cyclic esters (lactones) is 1. The van der Waals surface area contributed by atoms with Crippen molar-refractivity contribution in [3.8, 4) is 5.75 Å². The zero-order valence-electron chi connectivity index (χ0n) is 17.6. The lowest BCUT2D eigenvalue weighted by molar-refractivity contribution is -0.129. The van der Waals surface area contributed by atoms with Gasteiger partial charge in [-0.15, -0.1) is 0 Å². The van der Waals surface area contributed by atoms with Crippen molar-refractivity contribution in [2.75, 3.05) is 0 Å². The molecule has 0 atom stereocenters. The molecule has 0 aliphatic carbocycles. The van der Waals surface area contributed by atoms with Gasteiger partial charge in [-0.05, 0) is 47.5 Å². The third-order valence-corrected chi connectivity index (χ3v) is 5.39. The molecule has 0 saturated heterocycles. The van der Waals surface area contributed by atoms with Crippen LogP contribution in [-0.4, -0.2) is 11.9 Å². The van der Waals surface area contributed by atoms with E-state index in [0.29, 0.717) is 18.3 Å². The number of rotatable bonds is 5. The minimum absolute atomic E-state index is 0.252. The highest BCUT2D eigenvalue weighted by atomic mass is 16.6. The van der Waals surface area contributed by atoms with E-state index in [0.717, 1.165) is 27.6 Å². The van der Waals surface area contributed by atoms with Crippen LogP contribution in [0.3, 0.4) is 0 Å². The predicted octanol–water partition coefficient (Wildman–Crippen LogP) is 6.07. The van der Waals surface area contributed by atoms with Crippen LogP contribution >= 0.6 is 0 Å². The molecule has 0 fully saturated rings. The summed E-state index contributed by atoms with van der Waals surface area (Å²) in [5, 5.41) is 2.34. The molecule has 32 heavy (non-hydrogen) atoms. The number of para-hydroxylation sites is 1. The third-order valence-electron chi connectivity index (χ3n) is 5.39. The maximum atomic E-state index is 12.4. The van der Waals surface area contributed by atoms with Crippen LogP contribution in [0, 0.1) is 6.92 Å². The van der Waals surface area contributed by atoms with Gasteiger partial charge in [0.25, 0.3) is 0 Å². The van der Waals surface area contributed by atoms with E-state index in [4.69, 9.17) is 9.47 Å². The largest absolute Gasteiger partial charge is 0.488 e. The molecule has 1 aliphatic heterocycles. The number of esters is 1. The van der Waals surface area contributed by atoms with E-state index in [1.54, 1.807) is 6.08 Å². The van der Waals surface area contributed by atoms with Crippen molar-refractivity contribution in [1.82, 2.24) is 0 Å². The summed E-state index contributed by atoms with van der Waals surface area (Å²) >= 11 is 0. The van der Waals surface area contributed by atoms with Crippen LogP contribution in [0.5, 0.6) is 5.75 Å². The fourth-order valence-electron chi connectivity index (χ4n) is 3.68. The molecule has 0 unspecified atom stereocenters. The number of ether oxygens (including phenoxy) is 2. The molecule has 4 heteroatoms. The number of nitrogens with zero attached hydrogens (tertiary/aromatic N) is 1. The van der Waals surface area contributed by atoms with E-state index >= 15 is 0 Å². The molecule has 0 N–H and O–H groups in total. The quantitative estimate of drug-likeness (QED) is 0.291. The standard InChI is InChI=1S/C28H21NO3/c1-19-13-15-21(16-14-19)27-29-25(28(30)32-27)17-22-8-3-5-12-26(22)31-18-23-10-6-9-20-7-2-4-11-24(20)23/h2-17H,18H2,1H3/b25-17+. The first kappa shape index (κ1) is 19.8. The van der Waals surface area contributed by atoms with Gasteiger partial charge in [0, 0.05) is 11.1 Å². The summed E-state index contributed by atoms with van der Waals surface area (Å²) in [4.78, 5) is 16.8. The van der Waals surface area contributed by atoms with Crippen LogP contribution in [-0.2, 0) is 16.1 Å². The summed E-state index contributed by atoms with van der Waals surface area (Å²) < 4.78 is 11.5. The second kappa shape index (κ2) is 8.52. The van der Waals surface area contributed by atoms with Crippen LogP contribution in [0.4, 0.5) is 0 Å². The topological polar surface area (TPSA) is 47.9 Å². The third kappa shape index (κ3) is 4.03. The average Bonchev–Trinajstić information content (AvgIpc) is 3.19. The summed E-state index contributed by atoms with van der Waals surface area (Å²) in [7, 11) is 0. The first-order valence-electron chi connectivity index (χ1n) is 10.5. The van der Waals surface area contributed by atoms with Gasteiger partial charge < -0.3 is 9.47 Å². The Morgan fingerprint density at radius 1 is 0.875 bits per heavy atom. The molecule has 0 saturated carbocycles. The number of carbonyl (C=O) groups is 1. The molecule has 4 aromatic rings. The predicted molar refractivity (Wildman–Crippen MR) is 127 cm³/mol. The molecule has 1 heterocycles. The fraction of sp³-hybridized carbons (Fsp3) is 0.0714. The SMILES string of the molecule is Cc1ccc(C2=N/C(=C/c3ccccc3OCc3cccc4ccccc34)C(=O)O2)cc1. The van der Waals surface area contributed by atoms with Gasteiger partial charge in [0.1, 0.15) is 12.4 Å². The number of hydrogen-bond acceptors (Lipinski definition) is 4. The molecule has 0 spiro atoms. The highest BCUT2D eigenvalue weighted by Gasteiger charge is 2.24. The fourth-order valence-corrected chi connectivity index (χ4v) is 3.68. The van der Waals surface area contributed by atoms with E-state index in [2.05, 4.69) is 29.3 Å². The van der Waals surface area contributed by atoms with Crippen molar-refractivity contribution < 1.29 is 14.3 Å². The lowest BCUT2D eigenvalue weighted by Crippen LogP contribution is -2.05. The molecule has 5 rings (SSSR count). The molecule has 4 nitrogen and oxygen atoms in total. The molecule has 0 radical (unpaired) electrons. The summed E-state index contributed by atoms with van der Waals surface area (Å²) in [6.45, 7) is 2.43. The van der Waals surface area contributed by atoms with Crippen LogP contribution in [0.1, 0.15) is 22.3 Å². The Kier molecular flexibility index (Phi) is 5.26. The number of aliphatic imine (C=N–C) groups is 1. The van der Waals surface area contributed by atoms with E-state index in [9.17, 15) is 4.79 Å². The van der Waals surface area contributed by atoms with Crippen LogP contribution < -0.4 is 4.74 Å². The molecule has 156 valence electrons. The first-order valence-corrected chi connectivity index (χ1v) is 10.5. The summed E-state index contributed by atoms with van der Waals surface area (Å²) in [5.41, 5.74) is 4.03. The number of fused-ring (bicyclic) bond motifs is 1. The molecule has 0 bridgehead atoms. The lowest BCUT2D eigenvalue weighted by Gasteiger charge is -2.11. The Hall–Kier alpha value is -4.18. The van der Waals surface area contributed by atoms with Crippen molar-refractivity contribution in [3.05, 3.63) is 119 Å². The lowest BCUT2D eigenvalue weighted by atomic mass is 10.1. The molecule has 0 amide bonds. The number of hydrogen-bond donors (Lipinski definition) is 0. The van der Waals surface area contributed by atoms with Gasteiger partial charge in [-0.2, -0.15) is 0 Å². The minimum Gasteiger partial charge on any atom is -0.488 e. The normalized spacial score (nSPS) is 14.5. The van der Waals surface area contributed by atoms with Crippen molar-refractivity contribution in [2.45, 2.75) is 13.5 Å². The van der Waals surface area contributed by atoms with Crippen LogP contribution in [0.15, 0.2) is 102 Å². The Bertz CT molecular complexity index is 1360. The van der Waals surface area contributed by atoms with Gasteiger partial charge in [0.2, 0.25) is 5.90 Å². The maximum Gasteiger partial charge on any atom is 0.363 e. The molecular weight excluding hydrogens is 398 g/mol. The van der Waals surface area contributed by atoms with Gasteiger partial charge in [0.15, 0.2) is 5.70 Å². The monoisotopic (exact) mass is 419 g/mol. The zero-order chi connectivity index (χ0) is 21.9. The Morgan fingerprint density at radius 2 is 1.62 bits per heavy atom. The first-order chi connectivity index (χ1) is 15.7. The van der Waals surface area contributed by atoms with E-state index in [1.807, 2.05) is 73.7 Å². The van der Waals surface area contributed by atoms with Crippen molar-refractivity contribution in [3.63, 3.8) is 0 Å². The molecule has 1 aliphatic rings. The van der Waals surface area contributed by atoms with Gasteiger partial charge in [-0.1, -0.05) is 78.4 Å². The highest BCUT2D eigenvalue weighted by Crippen LogP contribution is 2.27. The van der Waals surface area contributed by atoms with Crippen molar-refractivity contribution in [2.24, 2.45) is 4.99 Å². The number of benzene rings is 4. The van der Waals surface area contributed by atoms with E-state index < -0.39 is 5.97 Å². The zero-order valence-corrected chi connectivity index (χ0v) is 17.6. The van der Waals surface area contributed by atoms with Crippen LogP contribution in [0.2, 0.25) is 0 Å². The molecule has 4 aromatic carbocycles. The number of aryl methyl sites for hydroxylation is 1. The summed E-state index contributed by atoms with van der Waals surface area (Å²) in [6, 6.07) is 29.7. The van der Waals surface area contributed by atoms with E-state index in [-0.39, 0.29) is 5.70 Å². The number of carbonyl (C=O) groups excluding carboxylic acids is 1. The minimum atomic E-state index is -0.468. The maximum absolute atomic E-state index is 12.4. The van der Waals surface area contributed by atoms with Gasteiger partial charge in [0.05, 0.1) is 0 Å². The summed E-state index contributed by atoms with van der Waals surface area (Å²) in [6.07, 6.45) is 1.71. The Morgan fingerprint density at radius 3 is 2.50 bits per heavy atom. The van der Waals surface area contributed by atoms with Gasteiger partial charge in [-0.3, -0.25) is 0 Å². The van der Waals surface area contributed by atoms with Crippen molar-refractivity contribution >= 4 is 28.7 Å². The van der Waals surface area contributed by atoms with E-state index in [1.165, 1.54) is 5.39 Å². The average molecular weight is 419 g/mol. The highest BCUT2D eigenvalue weighted by molar-refractivity contribution is 6.13. The summed E-state index contributed by atoms with van der Waals surface area (Å²) in [5.74, 6) is 0.527.